The lowest BCUT2D eigenvalue weighted by Crippen LogP contribution is -2.16. The van der Waals surface area contributed by atoms with Crippen molar-refractivity contribution in [3.05, 3.63) is 58.7 Å². The SMILES string of the molecule is CC(C)(C)c1cc(-c2nc(-c3cccc4c3CCC4O)no2)cc(C(C)(C)C)c1. The molecule has 1 aliphatic rings. The minimum absolute atomic E-state index is 0.0231. The maximum Gasteiger partial charge on any atom is 0.258 e. The lowest BCUT2D eigenvalue weighted by molar-refractivity contribution is 0.180. The summed E-state index contributed by atoms with van der Waals surface area (Å²) in [7, 11) is 0. The van der Waals surface area contributed by atoms with Crippen LogP contribution in [0.15, 0.2) is 40.9 Å². The summed E-state index contributed by atoms with van der Waals surface area (Å²) in [5.41, 5.74) is 6.58. The molecule has 4 nitrogen and oxygen atoms in total. The van der Waals surface area contributed by atoms with Crippen LogP contribution in [0.3, 0.4) is 0 Å². The summed E-state index contributed by atoms with van der Waals surface area (Å²) in [6.45, 7) is 13.3. The molecule has 1 aromatic heterocycles. The van der Waals surface area contributed by atoms with E-state index in [2.05, 4.69) is 64.9 Å². The zero-order valence-electron chi connectivity index (χ0n) is 18.2. The standard InChI is InChI=1S/C25H30N2O2/c1-24(2,3)16-12-15(13-17(14-16)25(4,5)6)23-26-22(27-29-23)20-9-7-8-19-18(20)10-11-21(19)28/h7-9,12-14,21,28H,10-11H2,1-6H3. The van der Waals surface area contributed by atoms with Crippen molar-refractivity contribution in [1.82, 2.24) is 10.1 Å². The average Bonchev–Trinajstić information content (AvgIpc) is 3.27. The Morgan fingerprint density at radius 3 is 2.24 bits per heavy atom. The monoisotopic (exact) mass is 390 g/mol. The first-order chi connectivity index (χ1) is 13.5. The molecule has 0 saturated heterocycles. The van der Waals surface area contributed by atoms with Crippen molar-refractivity contribution in [2.45, 2.75) is 71.3 Å². The van der Waals surface area contributed by atoms with E-state index in [9.17, 15) is 5.11 Å². The second-order valence-electron chi connectivity index (χ2n) is 10.2. The van der Waals surface area contributed by atoms with Gasteiger partial charge in [0.05, 0.1) is 6.10 Å². The Bertz CT molecular complexity index is 1020. The first kappa shape index (κ1) is 19.8. The molecule has 1 unspecified atom stereocenters. The molecule has 0 bridgehead atoms. The van der Waals surface area contributed by atoms with Crippen LogP contribution in [-0.2, 0) is 17.3 Å². The van der Waals surface area contributed by atoms with E-state index in [1.54, 1.807) is 0 Å². The van der Waals surface area contributed by atoms with Crippen molar-refractivity contribution in [3.63, 3.8) is 0 Å². The molecule has 0 fully saturated rings. The third-order valence-electron chi connectivity index (χ3n) is 5.82. The van der Waals surface area contributed by atoms with Crippen LogP contribution in [0.5, 0.6) is 0 Å². The summed E-state index contributed by atoms with van der Waals surface area (Å²) in [5, 5.41) is 14.5. The first-order valence-electron chi connectivity index (χ1n) is 10.3. The molecular formula is C25H30N2O2. The number of hydrogen-bond donors (Lipinski definition) is 1. The van der Waals surface area contributed by atoms with Crippen molar-refractivity contribution < 1.29 is 9.63 Å². The lowest BCUT2D eigenvalue weighted by atomic mass is 9.79. The predicted molar refractivity (Wildman–Crippen MR) is 116 cm³/mol. The van der Waals surface area contributed by atoms with E-state index >= 15 is 0 Å². The van der Waals surface area contributed by atoms with Crippen LogP contribution >= 0.6 is 0 Å². The highest BCUT2D eigenvalue weighted by Gasteiger charge is 2.26. The van der Waals surface area contributed by atoms with Gasteiger partial charge in [0.2, 0.25) is 5.82 Å². The van der Waals surface area contributed by atoms with Gasteiger partial charge in [-0.2, -0.15) is 4.98 Å². The molecule has 0 radical (unpaired) electrons. The molecule has 1 aliphatic carbocycles. The molecule has 0 aliphatic heterocycles. The Kier molecular flexibility index (Phi) is 4.66. The molecule has 0 spiro atoms. The van der Waals surface area contributed by atoms with Crippen molar-refractivity contribution in [2.24, 2.45) is 0 Å². The summed E-state index contributed by atoms with van der Waals surface area (Å²) in [6.07, 6.45) is 1.19. The normalized spacial score (nSPS) is 16.9. The van der Waals surface area contributed by atoms with Crippen LogP contribution in [0, 0.1) is 0 Å². The van der Waals surface area contributed by atoms with Gasteiger partial charge in [-0.15, -0.1) is 0 Å². The van der Waals surface area contributed by atoms with Gasteiger partial charge in [0.1, 0.15) is 0 Å². The number of aliphatic hydroxyl groups is 1. The van der Waals surface area contributed by atoms with Crippen molar-refractivity contribution in [1.29, 1.82) is 0 Å². The smallest absolute Gasteiger partial charge is 0.258 e. The van der Waals surface area contributed by atoms with Crippen molar-refractivity contribution >= 4 is 0 Å². The summed E-state index contributed by atoms with van der Waals surface area (Å²) < 4.78 is 5.70. The van der Waals surface area contributed by atoms with Gasteiger partial charge >= 0.3 is 0 Å². The lowest BCUT2D eigenvalue weighted by Gasteiger charge is -2.25. The minimum atomic E-state index is -0.394. The van der Waals surface area contributed by atoms with Gasteiger partial charge in [-0.05, 0) is 58.1 Å². The Hall–Kier alpha value is -2.46. The molecule has 1 heterocycles. The van der Waals surface area contributed by atoms with E-state index in [0.717, 1.165) is 35.1 Å². The summed E-state index contributed by atoms with van der Waals surface area (Å²) in [6, 6.07) is 12.6. The van der Waals surface area contributed by atoms with E-state index in [1.807, 2.05) is 18.2 Å². The number of hydrogen-bond acceptors (Lipinski definition) is 4. The Morgan fingerprint density at radius 2 is 1.62 bits per heavy atom. The fourth-order valence-electron chi connectivity index (χ4n) is 3.91. The zero-order chi connectivity index (χ0) is 21.0. The molecule has 0 amide bonds. The molecule has 0 saturated carbocycles. The Morgan fingerprint density at radius 1 is 0.966 bits per heavy atom. The van der Waals surface area contributed by atoms with Gasteiger partial charge in [0.25, 0.3) is 5.89 Å². The molecular weight excluding hydrogens is 360 g/mol. The highest BCUT2D eigenvalue weighted by molar-refractivity contribution is 5.66. The molecule has 152 valence electrons. The molecule has 1 atom stereocenters. The average molecular weight is 391 g/mol. The van der Waals surface area contributed by atoms with Crippen LogP contribution < -0.4 is 0 Å². The third-order valence-corrected chi connectivity index (χ3v) is 5.82. The highest BCUT2D eigenvalue weighted by atomic mass is 16.5. The van der Waals surface area contributed by atoms with Crippen LogP contribution in [-0.4, -0.2) is 15.2 Å². The topological polar surface area (TPSA) is 59.2 Å². The van der Waals surface area contributed by atoms with Crippen molar-refractivity contribution in [3.8, 4) is 22.8 Å². The number of aromatic nitrogens is 2. The van der Waals surface area contributed by atoms with Gasteiger partial charge in [-0.1, -0.05) is 71.0 Å². The summed E-state index contributed by atoms with van der Waals surface area (Å²) in [5.74, 6) is 1.12. The third kappa shape index (κ3) is 3.74. The van der Waals surface area contributed by atoms with Crippen LogP contribution in [0.25, 0.3) is 22.8 Å². The fourth-order valence-corrected chi connectivity index (χ4v) is 3.91. The molecule has 4 heteroatoms. The van der Waals surface area contributed by atoms with Gasteiger partial charge in [-0.25, -0.2) is 0 Å². The molecule has 4 rings (SSSR count). The number of aliphatic hydroxyl groups excluding tert-OH is 1. The molecule has 3 aromatic rings. The van der Waals surface area contributed by atoms with Gasteiger partial charge in [-0.3, -0.25) is 0 Å². The number of rotatable bonds is 2. The Labute approximate surface area is 173 Å². The maximum absolute atomic E-state index is 10.2. The largest absolute Gasteiger partial charge is 0.388 e. The molecule has 29 heavy (non-hydrogen) atoms. The fraction of sp³-hybridized carbons (Fsp3) is 0.440. The van der Waals surface area contributed by atoms with E-state index < -0.39 is 6.10 Å². The van der Waals surface area contributed by atoms with Gasteiger partial charge < -0.3 is 9.63 Å². The number of fused-ring (bicyclic) bond motifs is 1. The predicted octanol–water partition coefficient (Wildman–Crippen LogP) is 5.98. The summed E-state index contributed by atoms with van der Waals surface area (Å²) >= 11 is 0. The maximum atomic E-state index is 10.2. The van der Waals surface area contributed by atoms with Crippen molar-refractivity contribution in [2.75, 3.05) is 0 Å². The van der Waals surface area contributed by atoms with E-state index in [0.29, 0.717) is 11.7 Å². The van der Waals surface area contributed by atoms with Gasteiger partial charge in [0, 0.05) is 11.1 Å². The van der Waals surface area contributed by atoms with E-state index in [1.165, 1.54) is 11.1 Å². The van der Waals surface area contributed by atoms with E-state index in [4.69, 9.17) is 9.51 Å². The molecule has 1 N–H and O–H groups in total. The first-order valence-corrected chi connectivity index (χ1v) is 10.3. The highest BCUT2D eigenvalue weighted by Crippen LogP contribution is 2.38. The quantitative estimate of drug-likeness (QED) is 0.585. The van der Waals surface area contributed by atoms with Crippen LogP contribution in [0.4, 0.5) is 0 Å². The van der Waals surface area contributed by atoms with Crippen LogP contribution in [0.1, 0.15) is 76.3 Å². The van der Waals surface area contributed by atoms with Crippen LogP contribution in [0.2, 0.25) is 0 Å². The number of benzene rings is 2. The zero-order valence-corrected chi connectivity index (χ0v) is 18.2. The second-order valence-corrected chi connectivity index (χ2v) is 10.2. The number of nitrogens with zero attached hydrogens (tertiary/aromatic N) is 2. The second kappa shape index (κ2) is 6.81. The Balaban J connectivity index is 1.80. The molecule has 2 aromatic carbocycles. The van der Waals surface area contributed by atoms with E-state index in [-0.39, 0.29) is 10.8 Å². The van der Waals surface area contributed by atoms with Gasteiger partial charge in [0.15, 0.2) is 0 Å². The summed E-state index contributed by atoms with van der Waals surface area (Å²) in [4.78, 5) is 4.74. The minimum Gasteiger partial charge on any atom is -0.388 e.